The molecule has 0 heterocycles. The van der Waals surface area contributed by atoms with Crippen LogP contribution in [0.1, 0.15) is 17.3 Å². The molecule has 0 saturated heterocycles. The van der Waals surface area contributed by atoms with Crippen molar-refractivity contribution in [3.63, 3.8) is 0 Å². The molecule has 5 heteroatoms. The average molecular weight is 196 g/mol. The Balaban J connectivity index is 2.99. The van der Waals surface area contributed by atoms with Crippen LogP contribution in [-0.2, 0) is 4.74 Å². The fourth-order valence-electron chi connectivity index (χ4n) is 0.998. The first kappa shape index (κ1) is 10.3. The third-order valence-corrected chi connectivity index (χ3v) is 1.66. The van der Waals surface area contributed by atoms with Gasteiger partial charge in [0, 0.05) is 5.69 Å². The molecule has 0 fully saturated rings. The number of anilines is 1. The number of esters is 1. The number of hydrogen-bond donors (Lipinski definition) is 3. The van der Waals surface area contributed by atoms with Gasteiger partial charge in [-0.05, 0) is 25.1 Å². The summed E-state index contributed by atoms with van der Waals surface area (Å²) in [5.41, 5.74) is 3.01. The lowest BCUT2D eigenvalue weighted by molar-refractivity contribution is 0.0523. The molecule has 14 heavy (non-hydrogen) atoms. The molecule has 0 unspecified atom stereocenters. The number of phenolic OH excluding ortho intramolecular Hbond substituents is 1. The summed E-state index contributed by atoms with van der Waals surface area (Å²) in [6, 6.07) is 4.35. The van der Waals surface area contributed by atoms with Crippen LogP contribution in [0.2, 0.25) is 0 Å². The van der Waals surface area contributed by atoms with E-state index in [9.17, 15) is 9.90 Å². The molecule has 4 N–H and O–H groups in total. The minimum absolute atomic E-state index is 0.0994. The molecule has 0 aliphatic carbocycles. The summed E-state index contributed by atoms with van der Waals surface area (Å²) >= 11 is 0. The van der Waals surface area contributed by atoms with Crippen LogP contribution in [-0.4, -0.2) is 17.7 Å². The number of hydrogen-bond acceptors (Lipinski definition) is 5. The molecule has 0 aromatic heterocycles. The van der Waals surface area contributed by atoms with E-state index in [4.69, 9.17) is 10.6 Å². The van der Waals surface area contributed by atoms with Crippen molar-refractivity contribution in [1.82, 2.24) is 0 Å². The maximum absolute atomic E-state index is 11.3. The molecule has 0 amide bonds. The second kappa shape index (κ2) is 4.48. The van der Waals surface area contributed by atoms with Gasteiger partial charge in [0.15, 0.2) is 0 Å². The molecule has 0 saturated carbocycles. The van der Waals surface area contributed by atoms with E-state index in [0.717, 1.165) is 0 Å². The summed E-state index contributed by atoms with van der Waals surface area (Å²) in [4.78, 5) is 11.3. The van der Waals surface area contributed by atoms with Gasteiger partial charge < -0.3 is 15.3 Å². The van der Waals surface area contributed by atoms with Crippen molar-refractivity contribution in [3.05, 3.63) is 23.8 Å². The second-order valence-electron chi connectivity index (χ2n) is 2.60. The summed E-state index contributed by atoms with van der Waals surface area (Å²) in [5.74, 6) is 4.47. The third kappa shape index (κ3) is 2.14. The molecule has 5 nitrogen and oxygen atoms in total. The predicted octanol–water partition coefficient (Wildman–Crippen LogP) is 0.855. The Morgan fingerprint density at radius 2 is 2.36 bits per heavy atom. The molecule has 76 valence electrons. The summed E-state index contributed by atoms with van der Waals surface area (Å²) in [6.45, 7) is 1.96. The molecule has 0 radical (unpaired) electrons. The second-order valence-corrected chi connectivity index (χ2v) is 2.60. The lowest BCUT2D eigenvalue weighted by Crippen LogP contribution is -2.09. The maximum Gasteiger partial charge on any atom is 0.341 e. The first-order chi connectivity index (χ1) is 6.69. The van der Waals surface area contributed by atoms with Crippen molar-refractivity contribution >= 4 is 11.7 Å². The Morgan fingerprint density at radius 1 is 1.64 bits per heavy atom. The Labute approximate surface area is 81.5 Å². The smallest absolute Gasteiger partial charge is 0.341 e. The van der Waals surface area contributed by atoms with Crippen LogP contribution in [0.25, 0.3) is 0 Å². The highest BCUT2D eigenvalue weighted by atomic mass is 16.5. The van der Waals surface area contributed by atoms with Crippen molar-refractivity contribution in [2.45, 2.75) is 6.92 Å². The zero-order chi connectivity index (χ0) is 10.6. The third-order valence-electron chi connectivity index (χ3n) is 1.66. The Kier molecular flexibility index (Phi) is 3.30. The summed E-state index contributed by atoms with van der Waals surface area (Å²) < 4.78 is 4.74. The Hall–Kier alpha value is -1.75. The number of aromatic hydroxyl groups is 1. The highest BCUT2D eigenvalue weighted by Crippen LogP contribution is 2.21. The van der Waals surface area contributed by atoms with Crippen molar-refractivity contribution in [1.29, 1.82) is 0 Å². The van der Waals surface area contributed by atoms with Gasteiger partial charge in [-0.25, -0.2) is 4.79 Å². The fourth-order valence-corrected chi connectivity index (χ4v) is 0.998. The van der Waals surface area contributed by atoms with Crippen LogP contribution < -0.4 is 11.3 Å². The molecular formula is C9H12N2O3. The van der Waals surface area contributed by atoms with E-state index in [2.05, 4.69) is 5.43 Å². The van der Waals surface area contributed by atoms with E-state index < -0.39 is 5.97 Å². The molecule has 0 atom stereocenters. The van der Waals surface area contributed by atoms with E-state index in [1.54, 1.807) is 13.0 Å². The first-order valence-electron chi connectivity index (χ1n) is 4.15. The van der Waals surface area contributed by atoms with Crippen molar-refractivity contribution < 1.29 is 14.6 Å². The zero-order valence-corrected chi connectivity index (χ0v) is 7.78. The number of nitrogen functional groups attached to an aromatic ring is 1. The van der Waals surface area contributed by atoms with Crippen LogP contribution in [0.5, 0.6) is 5.75 Å². The van der Waals surface area contributed by atoms with Gasteiger partial charge in [-0.1, -0.05) is 0 Å². The predicted molar refractivity (Wildman–Crippen MR) is 51.9 cm³/mol. The Bertz CT molecular complexity index is 339. The molecule has 1 rings (SSSR count). The largest absolute Gasteiger partial charge is 0.507 e. The molecule has 0 aliphatic heterocycles. The number of nitrogens with one attached hydrogen (secondary N) is 1. The Morgan fingerprint density at radius 3 is 2.93 bits per heavy atom. The van der Waals surface area contributed by atoms with E-state index in [0.29, 0.717) is 5.69 Å². The van der Waals surface area contributed by atoms with Gasteiger partial charge in [0.05, 0.1) is 6.61 Å². The van der Waals surface area contributed by atoms with E-state index in [1.165, 1.54) is 12.1 Å². The minimum atomic E-state index is -0.568. The highest BCUT2D eigenvalue weighted by molar-refractivity contribution is 5.93. The number of carbonyl (C=O) groups is 1. The van der Waals surface area contributed by atoms with Crippen molar-refractivity contribution in [2.24, 2.45) is 5.84 Å². The minimum Gasteiger partial charge on any atom is -0.507 e. The van der Waals surface area contributed by atoms with Gasteiger partial charge in [-0.3, -0.25) is 5.84 Å². The van der Waals surface area contributed by atoms with E-state index in [1.807, 2.05) is 0 Å². The zero-order valence-electron chi connectivity index (χ0n) is 7.78. The van der Waals surface area contributed by atoms with Crippen LogP contribution in [0.15, 0.2) is 18.2 Å². The van der Waals surface area contributed by atoms with Gasteiger partial charge in [-0.15, -0.1) is 0 Å². The normalized spacial score (nSPS) is 9.57. The first-order valence-corrected chi connectivity index (χ1v) is 4.15. The molecule has 0 spiro atoms. The van der Waals surface area contributed by atoms with Crippen molar-refractivity contribution in [2.75, 3.05) is 12.0 Å². The number of hydrazine groups is 1. The number of rotatable bonds is 3. The quantitative estimate of drug-likeness (QED) is 0.289. The molecule has 1 aromatic rings. The van der Waals surface area contributed by atoms with Crippen LogP contribution in [0.3, 0.4) is 0 Å². The van der Waals surface area contributed by atoms with Gasteiger partial charge in [0.1, 0.15) is 11.3 Å². The average Bonchev–Trinajstić information content (AvgIpc) is 2.19. The summed E-state index contributed by atoms with van der Waals surface area (Å²) in [6.07, 6.45) is 0. The summed E-state index contributed by atoms with van der Waals surface area (Å²) in [5, 5.41) is 9.36. The monoisotopic (exact) mass is 196 g/mol. The van der Waals surface area contributed by atoms with Crippen LogP contribution in [0.4, 0.5) is 5.69 Å². The van der Waals surface area contributed by atoms with Gasteiger partial charge >= 0.3 is 5.97 Å². The van der Waals surface area contributed by atoms with Gasteiger partial charge in [-0.2, -0.15) is 0 Å². The van der Waals surface area contributed by atoms with Crippen LogP contribution in [0, 0.1) is 0 Å². The molecular weight excluding hydrogens is 184 g/mol. The van der Waals surface area contributed by atoms with E-state index >= 15 is 0 Å². The molecule has 0 bridgehead atoms. The number of benzene rings is 1. The van der Waals surface area contributed by atoms with Crippen molar-refractivity contribution in [3.8, 4) is 5.75 Å². The van der Waals surface area contributed by atoms with E-state index in [-0.39, 0.29) is 17.9 Å². The standard InChI is InChI=1S/C9H12N2O3/c1-2-14-9(13)7-5-6(11-10)3-4-8(7)12/h3-5,11-12H,2,10H2,1H3. The fraction of sp³-hybridized carbons (Fsp3) is 0.222. The van der Waals surface area contributed by atoms with Gasteiger partial charge in [0.2, 0.25) is 0 Å². The lowest BCUT2D eigenvalue weighted by atomic mass is 10.2. The molecule has 1 aromatic carbocycles. The molecule has 0 aliphatic rings. The number of ether oxygens (including phenoxy) is 1. The summed E-state index contributed by atoms with van der Waals surface area (Å²) in [7, 11) is 0. The number of carbonyl (C=O) groups excluding carboxylic acids is 1. The highest BCUT2D eigenvalue weighted by Gasteiger charge is 2.12. The topological polar surface area (TPSA) is 84.6 Å². The van der Waals surface area contributed by atoms with Crippen LogP contribution >= 0.6 is 0 Å². The maximum atomic E-state index is 11.3. The number of nitrogens with two attached hydrogens (primary N) is 1. The lowest BCUT2D eigenvalue weighted by Gasteiger charge is -2.06. The number of phenols is 1. The SMILES string of the molecule is CCOC(=O)c1cc(NN)ccc1O. The van der Waals surface area contributed by atoms with Gasteiger partial charge in [0.25, 0.3) is 0 Å².